The molecule has 0 aliphatic heterocycles. The van der Waals surface area contributed by atoms with Gasteiger partial charge < -0.3 is 10.1 Å². The van der Waals surface area contributed by atoms with Crippen molar-refractivity contribution < 1.29 is 9.53 Å². The number of amides is 1. The van der Waals surface area contributed by atoms with Crippen LogP contribution in [0, 0.1) is 18.3 Å². The average molecular weight is 343 g/mol. The van der Waals surface area contributed by atoms with Crippen LogP contribution >= 0.6 is 0 Å². The van der Waals surface area contributed by atoms with Gasteiger partial charge in [0.15, 0.2) is 0 Å². The summed E-state index contributed by atoms with van der Waals surface area (Å²) in [5.74, 6) is 0.845. The third-order valence-corrected chi connectivity index (χ3v) is 3.88. The molecule has 1 amide bonds. The van der Waals surface area contributed by atoms with Crippen LogP contribution in [0.3, 0.4) is 0 Å². The van der Waals surface area contributed by atoms with E-state index in [0.29, 0.717) is 22.8 Å². The van der Waals surface area contributed by atoms with Gasteiger partial charge in [-0.1, -0.05) is 36.4 Å². The quantitative estimate of drug-likeness (QED) is 0.760. The number of hydrogen-bond acceptors (Lipinski definition) is 4. The fraction of sp³-hybridized carbons (Fsp3) is 0.0952. The fourth-order valence-corrected chi connectivity index (χ4v) is 2.47. The molecular formula is C21H17N3O2. The number of aryl methyl sites for hydroxylation is 1. The van der Waals surface area contributed by atoms with E-state index in [4.69, 9.17) is 10.00 Å². The van der Waals surface area contributed by atoms with Gasteiger partial charge in [-0.3, -0.25) is 4.79 Å². The van der Waals surface area contributed by atoms with Crippen LogP contribution in [0.25, 0.3) is 0 Å². The zero-order valence-electron chi connectivity index (χ0n) is 14.3. The minimum absolute atomic E-state index is 0.244. The van der Waals surface area contributed by atoms with E-state index in [2.05, 4.69) is 10.3 Å². The topological polar surface area (TPSA) is 75.0 Å². The molecule has 5 nitrogen and oxygen atoms in total. The summed E-state index contributed by atoms with van der Waals surface area (Å²) >= 11 is 0. The van der Waals surface area contributed by atoms with Crippen molar-refractivity contribution >= 4 is 5.91 Å². The molecule has 1 aromatic heterocycles. The van der Waals surface area contributed by atoms with Crippen LogP contribution in [0.15, 0.2) is 66.9 Å². The number of benzene rings is 2. The van der Waals surface area contributed by atoms with Crippen LogP contribution in [-0.2, 0) is 6.54 Å². The van der Waals surface area contributed by atoms with Crippen molar-refractivity contribution in [3.8, 4) is 17.7 Å². The lowest BCUT2D eigenvalue weighted by atomic mass is 10.1. The molecule has 0 radical (unpaired) electrons. The highest BCUT2D eigenvalue weighted by Gasteiger charge is 2.13. The monoisotopic (exact) mass is 343 g/mol. The van der Waals surface area contributed by atoms with E-state index < -0.39 is 0 Å². The van der Waals surface area contributed by atoms with Crippen LogP contribution in [0.4, 0.5) is 0 Å². The Labute approximate surface area is 151 Å². The number of rotatable bonds is 5. The molecule has 3 aromatic rings. The van der Waals surface area contributed by atoms with Crippen molar-refractivity contribution in [3.05, 3.63) is 89.1 Å². The summed E-state index contributed by atoms with van der Waals surface area (Å²) in [5, 5.41) is 11.9. The lowest BCUT2D eigenvalue weighted by Crippen LogP contribution is -2.24. The molecule has 26 heavy (non-hydrogen) atoms. The molecule has 5 heteroatoms. The number of carbonyl (C=O) groups is 1. The van der Waals surface area contributed by atoms with Gasteiger partial charge in [0.1, 0.15) is 5.75 Å². The molecule has 128 valence electrons. The van der Waals surface area contributed by atoms with Gasteiger partial charge in [-0.15, -0.1) is 0 Å². The highest BCUT2D eigenvalue weighted by Crippen LogP contribution is 2.25. The SMILES string of the molecule is Cc1ccccc1Oc1ncccc1CNC(=O)c1ccccc1C#N. The predicted molar refractivity (Wildman–Crippen MR) is 97.8 cm³/mol. The Balaban J connectivity index is 1.76. The van der Waals surface area contributed by atoms with Crippen molar-refractivity contribution in [2.45, 2.75) is 13.5 Å². The highest BCUT2D eigenvalue weighted by molar-refractivity contribution is 5.96. The predicted octanol–water partition coefficient (Wildman–Crippen LogP) is 3.98. The van der Waals surface area contributed by atoms with E-state index >= 15 is 0 Å². The number of hydrogen-bond donors (Lipinski definition) is 1. The first kappa shape index (κ1) is 17.2. The van der Waals surface area contributed by atoms with Gasteiger partial charge >= 0.3 is 0 Å². The molecule has 1 heterocycles. The van der Waals surface area contributed by atoms with E-state index in [-0.39, 0.29) is 12.5 Å². The summed E-state index contributed by atoms with van der Waals surface area (Å²) in [6.45, 7) is 2.20. The van der Waals surface area contributed by atoms with E-state index in [1.54, 1.807) is 36.5 Å². The van der Waals surface area contributed by atoms with Crippen molar-refractivity contribution in [3.63, 3.8) is 0 Å². The molecule has 2 aromatic carbocycles. The maximum Gasteiger partial charge on any atom is 0.252 e. The summed E-state index contributed by atoms with van der Waals surface area (Å²) in [6.07, 6.45) is 1.64. The Morgan fingerprint density at radius 3 is 2.69 bits per heavy atom. The Morgan fingerprint density at radius 2 is 1.88 bits per heavy atom. The molecule has 0 aliphatic rings. The van der Waals surface area contributed by atoms with Crippen molar-refractivity contribution in [2.24, 2.45) is 0 Å². The second-order valence-corrected chi connectivity index (χ2v) is 5.68. The van der Waals surface area contributed by atoms with E-state index in [1.165, 1.54) is 0 Å². The van der Waals surface area contributed by atoms with Crippen LogP contribution in [0.5, 0.6) is 11.6 Å². The van der Waals surface area contributed by atoms with Gasteiger partial charge in [0.25, 0.3) is 5.91 Å². The average Bonchev–Trinajstić information content (AvgIpc) is 2.68. The normalized spacial score (nSPS) is 10.0. The third-order valence-electron chi connectivity index (χ3n) is 3.88. The van der Waals surface area contributed by atoms with Crippen LogP contribution in [0.2, 0.25) is 0 Å². The van der Waals surface area contributed by atoms with E-state index in [9.17, 15) is 4.79 Å². The molecule has 0 aliphatic carbocycles. The Hall–Kier alpha value is -3.65. The molecule has 3 rings (SSSR count). The van der Waals surface area contributed by atoms with Crippen molar-refractivity contribution in [1.82, 2.24) is 10.3 Å². The smallest absolute Gasteiger partial charge is 0.252 e. The Bertz CT molecular complexity index is 977. The lowest BCUT2D eigenvalue weighted by molar-refractivity contribution is 0.0950. The molecule has 0 unspecified atom stereocenters. The minimum Gasteiger partial charge on any atom is -0.438 e. The molecule has 0 spiro atoms. The fourth-order valence-electron chi connectivity index (χ4n) is 2.47. The maximum atomic E-state index is 12.4. The molecule has 0 atom stereocenters. The number of nitriles is 1. The third kappa shape index (κ3) is 3.87. The maximum absolute atomic E-state index is 12.4. The zero-order valence-corrected chi connectivity index (χ0v) is 14.3. The first-order chi connectivity index (χ1) is 12.7. The largest absolute Gasteiger partial charge is 0.438 e. The Kier molecular flexibility index (Phi) is 5.25. The number of carbonyl (C=O) groups excluding carboxylic acids is 1. The summed E-state index contributed by atoms with van der Waals surface area (Å²) in [5.41, 5.74) is 2.43. The standard InChI is InChI=1S/C21H17N3O2/c1-15-7-2-5-11-19(15)26-21-17(9-6-12-23-21)14-24-20(25)18-10-4-3-8-16(18)13-22/h2-12H,14H2,1H3,(H,24,25). The summed E-state index contributed by atoms with van der Waals surface area (Å²) in [6, 6.07) is 20.0. The van der Waals surface area contributed by atoms with Crippen LogP contribution < -0.4 is 10.1 Å². The number of pyridine rings is 1. The second kappa shape index (κ2) is 7.95. The van der Waals surface area contributed by atoms with Crippen LogP contribution in [0.1, 0.15) is 27.0 Å². The van der Waals surface area contributed by atoms with Gasteiger partial charge in [-0.05, 0) is 36.8 Å². The number of para-hydroxylation sites is 1. The van der Waals surface area contributed by atoms with Gasteiger partial charge in [0.05, 0.1) is 17.2 Å². The van der Waals surface area contributed by atoms with Crippen molar-refractivity contribution in [2.75, 3.05) is 0 Å². The van der Waals surface area contributed by atoms with Gasteiger partial charge in [-0.25, -0.2) is 4.98 Å². The van der Waals surface area contributed by atoms with E-state index in [1.807, 2.05) is 43.3 Å². The van der Waals surface area contributed by atoms with Crippen LogP contribution in [-0.4, -0.2) is 10.9 Å². The second-order valence-electron chi connectivity index (χ2n) is 5.68. The Morgan fingerprint density at radius 1 is 1.12 bits per heavy atom. The molecule has 0 saturated heterocycles. The summed E-state index contributed by atoms with van der Waals surface area (Å²) < 4.78 is 5.91. The van der Waals surface area contributed by atoms with Gasteiger partial charge in [0.2, 0.25) is 5.88 Å². The lowest BCUT2D eigenvalue weighted by Gasteiger charge is -2.12. The molecular weight excluding hydrogens is 326 g/mol. The van der Waals surface area contributed by atoms with Gasteiger partial charge in [0, 0.05) is 18.3 Å². The first-order valence-electron chi connectivity index (χ1n) is 8.13. The minimum atomic E-state index is -0.312. The number of ether oxygens (including phenoxy) is 1. The highest BCUT2D eigenvalue weighted by atomic mass is 16.5. The number of aromatic nitrogens is 1. The summed E-state index contributed by atoms with van der Waals surface area (Å²) in [7, 11) is 0. The van der Waals surface area contributed by atoms with Crippen molar-refractivity contribution in [1.29, 1.82) is 5.26 Å². The number of nitrogens with zero attached hydrogens (tertiary/aromatic N) is 2. The molecule has 0 saturated carbocycles. The zero-order chi connectivity index (χ0) is 18.4. The molecule has 0 bridgehead atoms. The van der Waals surface area contributed by atoms with Gasteiger partial charge in [-0.2, -0.15) is 5.26 Å². The molecule has 0 fully saturated rings. The van der Waals surface area contributed by atoms with E-state index in [0.717, 1.165) is 11.1 Å². The summed E-state index contributed by atoms with van der Waals surface area (Å²) in [4.78, 5) is 16.7. The first-order valence-corrected chi connectivity index (χ1v) is 8.13. The number of nitrogens with one attached hydrogen (secondary N) is 1. The molecule has 1 N–H and O–H groups in total.